The first-order chi connectivity index (χ1) is 10.4. The van der Waals surface area contributed by atoms with E-state index in [0.29, 0.717) is 18.6 Å². The third kappa shape index (κ3) is 5.54. The Kier molecular flexibility index (Phi) is 6.16. The smallest absolute Gasteiger partial charge is 0.137 e. The molecule has 122 valence electrons. The molecule has 1 saturated heterocycles. The van der Waals surface area contributed by atoms with Gasteiger partial charge in [-0.15, -0.1) is 0 Å². The van der Waals surface area contributed by atoms with E-state index in [4.69, 9.17) is 4.74 Å². The van der Waals surface area contributed by atoms with Gasteiger partial charge in [-0.3, -0.25) is 9.69 Å². The van der Waals surface area contributed by atoms with Crippen LogP contribution >= 0.6 is 0 Å². The lowest BCUT2D eigenvalue weighted by Gasteiger charge is -2.26. The van der Waals surface area contributed by atoms with E-state index < -0.39 is 0 Å². The topological polar surface area (TPSA) is 29.5 Å². The molecule has 3 nitrogen and oxygen atoms in total. The number of carbonyl (C=O) groups excluding carboxylic acids is 1. The third-order valence-electron chi connectivity index (χ3n) is 4.25. The SMILES string of the molecule is CC(C)(C)c1ccc(CC(=O)CCCN2CCOCC2)cc1. The minimum Gasteiger partial charge on any atom is -0.379 e. The van der Waals surface area contributed by atoms with Crippen molar-refractivity contribution in [1.82, 2.24) is 4.90 Å². The van der Waals surface area contributed by atoms with Gasteiger partial charge in [-0.1, -0.05) is 45.0 Å². The van der Waals surface area contributed by atoms with Gasteiger partial charge in [0.2, 0.25) is 0 Å². The fraction of sp³-hybridized carbons (Fsp3) is 0.632. The molecule has 0 atom stereocenters. The van der Waals surface area contributed by atoms with Crippen molar-refractivity contribution >= 4 is 5.78 Å². The molecule has 0 saturated carbocycles. The van der Waals surface area contributed by atoms with Crippen LogP contribution in [0, 0.1) is 0 Å². The highest BCUT2D eigenvalue weighted by atomic mass is 16.5. The number of ketones is 1. The second-order valence-electron chi connectivity index (χ2n) is 7.22. The Labute approximate surface area is 134 Å². The summed E-state index contributed by atoms with van der Waals surface area (Å²) in [5, 5.41) is 0. The van der Waals surface area contributed by atoms with Gasteiger partial charge in [0.05, 0.1) is 13.2 Å². The predicted octanol–water partition coefficient (Wildman–Crippen LogP) is 3.21. The minimum atomic E-state index is 0.167. The molecule has 0 radical (unpaired) electrons. The molecule has 22 heavy (non-hydrogen) atoms. The molecule has 1 fully saturated rings. The molecule has 1 heterocycles. The Hall–Kier alpha value is -1.19. The van der Waals surface area contributed by atoms with Gasteiger partial charge in [0.25, 0.3) is 0 Å². The van der Waals surface area contributed by atoms with Gasteiger partial charge < -0.3 is 4.74 Å². The van der Waals surface area contributed by atoms with Crippen molar-refractivity contribution < 1.29 is 9.53 Å². The van der Waals surface area contributed by atoms with Crippen LogP contribution in [0.25, 0.3) is 0 Å². The van der Waals surface area contributed by atoms with Gasteiger partial charge in [0.15, 0.2) is 0 Å². The zero-order valence-electron chi connectivity index (χ0n) is 14.2. The highest BCUT2D eigenvalue weighted by Gasteiger charge is 2.14. The number of hydrogen-bond acceptors (Lipinski definition) is 3. The molecule has 1 aromatic rings. The number of morpholine rings is 1. The Bertz CT molecular complexity index is 467. The lowest BCUT2D eigenvalue weighted by molar-refractivity contribution is -0.118. The molecule has 0 bridgehead atoms. The zero-order chi connectivity index (χ0) is 16.0. The summed E-state index contributed by atoms with van der Waals surface area (Å²) in [4.78, 5) is 14.5. The molecular weight excluding hydrogens is 274 g/mol. The largest absolute Gasteiger partial charge is 0.379 e. The van der Waals surface area contributed by atoms with Crippen LogP contribution < -0.4 is 0 Å². The maximum absolute atomic E-state index is 12.1. The average molecular weight is 303 g/mol. The van der Waals surface area contributed by atoms with E-state index in [-0.39, 0.29) is 5.41 Å². The normalized spacial score (nSPS) is 16.7. The van der Waals surface area contributed by atoms with Crippen LogP contribution in [0.15, 0.2) is 24.3 Å². The predicted molar refractivity (Wildman–Crippen MR) is 90.3 cm³/mol. The maximum atomic E-state index is 12.1. The summed E-state index contributed by atoms with van der Waals surface area (Å²) in [6.45, 7) is 11.3. The summed E-state index contributed by atoms with van der Waals surface area (Å²) >= 11 is 0. The number of hydrogen-bond donors (Lipinski definition) is 0. The Morgan fingerprint density at radius 2 is 1.77 bits per heavy atom. The molecule has 1 aliphatic heterocycles. The molecule has 1 aliphatic rings. The fourth-order valence-corrected chi connectivity index (χ4v) is 2.76. The zero-order valence-corrected chi connectivity index (χ0v) is 14.2. The van der Waals surface area contributed by atoms with Crippen LogP contribution in [0.5, 0.6) is 0 Å². The standard InChI is InChI=1S/C19H29NO2/c1-19(2,3)17-8-6-16(7-9-17)15-18(21)5-4-10-20-11-13-22-14-12-20/h6-9H,4-5,10-15H2,1-3H3. The van der Waals surface area contributed by atoms with Crippen molar-refractivity contribution in [2.45, 2.75) is 45.4 Å². The number of ether oxygens (including phenoxy) is 1. The lowest BCUT2D eigenvalue weighted by atomic mass is 9.86. The van der Waals surface area contributed by atoms with Crippen molar-refractivity contribution in [3.63, 3.8) is 0 Å². The van der Waals surface area contributed by atoms with Crippen LogP contribution in [0.3, 0.4) is 0 Å². The summed E-state index contributed by atoms with van der Waals surface area (Å²) in [5.74, 6) is 0.344. The summed E-state index contributed by atoms with van der Waals surface area (Å²) in [5.41, 5.74) is 2.61. The average Bonchev–Trinajstić information content (AvgIpc) is 2.48. The second-order valence-corrected chi connectivity index (χ2v) is 7.22. The van der Waals surface area contributed by atoms with Crippen molar-refractivity contribution in [3.05, 3.63) is 35.4 Å². The number of benzene rings is 1. The van der Waals surface area contributed by atoms with E-state index in [9.17, 15) is 4.79 Å². The van der Waals surface area contributed by atoms with E-state index >= 15 is 0 Å². The van der Waals surface area contributed by atoms with Gasteiger partial charge >= 0.3 is 0 Å². The fourth-order valence-electron chi connectivity index (χ4n) is 2.76. The van der Waals surface area contributed by atoms with Crippen LogP contribution in [0.4, 0.5) is 0 Å². The summed E-state index contributed by atoms with van der Waals surface area (Å²) < 4.78 is 5.33. The van der Waals surface area contributed by atoms with Crippen LogP contribution in [0.1, 0.15) is 44.7 Å². The lowest BCUT2D eigenvalue weighted by Crippen LogP contribution is -2.37. The molecule has 0 aromatic heterocycles. The van der Waals surface area contributed by atoms with E-state index in [1.807, 2.05) is 0 Å². The van der Waals surface area contributed by atoms with Crippen LogP contribution in [-0.2, 0) is 21.4 Å². The monoisotopic (exact) mass is 303 g/mol. The molecular formula is C19H29NO2. The maximum Gasteiger partial charge on any atom is 0.137 e. The first-order valence-electron chi connectivity index (χ1n) is 8.36. The molecule has 0 spiro atoms. The van der Waals surface area contributed by atoms with Gasteiger partial charge in [-0.25, -0.2) is 0 Å². The van der Waals surface area contributed by atoms with Crippen LogP contribution in [0.2, 0.25) is 0 Å². The first-order valence-corrected chi connectivity index (χ1v) is 8.36. The molecule has 3 heteroatoms. The van der Waals surface area contributed by atoms with Crippen molar-refractivity contribution in [2.24, 2.45) is 0 Å². The van der Waals surface area contributed by atoms with Gasteiger partial charge in [-0.2, -0.15) is 0 Å². The number of Topliss-reactive ketones (excluding diaryl/α,β-unsaturated/α-hetero) is 1. The first kappa shape index (κ1) is 17.2. The van der Waals surface area contributed by atoms with Gasteiger partial charge in [0, 0.05) is 25.9 Å². The van der Waals surface area contributed by atoms with Crippen molar-refractivity contribution in [3.8, 4) is 0 Å². The highest BCUT2D eigenvalue weighted by Crippen LogP contribution is 2.22. The molecule has 0 amide bonds. The van der Waals surface area contributed by atoms with Crippen molar-refractivity contribution in [1.29, 1.82) is 0 Å². The molecule has 1 aromatic carbocycles. The second kappa shape index (κ2) is 7.89. The number of carbonyl (C=O) groups is 1. The summed E-state index contributed by atoms with van der Waals surface area (Å²) in [7, 11) is 0. The Balaban J connectivity index is 1.72. The van der Waals surface area contributed by atoms with Gasteiger partial charge in [0.1, 0.15) is 5.78 Å². The Morgan fingerprint density at radius 1 is 1.14 bits per heavy atom. The third-order valence-corrected chi connectivity index (χ3v) is 4.25. The summed E-state index contributed by atoms with van der Waals surface area (Å²) in [6.07, 6.45) is 2.20. The number of nitrogens with zero attached hydrogens (tertiary/aromatic N) is 1. The molecule has 0 unspecified atom stereocenters. The minimum absolute atomic E-state index is 0.167. The van der Waals surface area contributed by atoms with E-state index in [2.05, 4.69) is 49.9 Å². The van der Waals surface area contributed by atoms with Gasteiger partial charge in [-0.05, 0) is 29.5 Å². The Morgan fingerprint density at radius 3 is 2.36 bits per heavy atom. The molecule has 0 aliphatic carbocycles. The number of rotatable bonds is 6. The van der Waals surface area contributed by atoms with Crippen LogP contribution in [-0.4, -0.2) is 43.5 Å². The quantitative estimate of drug-likeness (QED) is 0.808. The van der Waals surface area contributed by atoms with Crippen molar-refractivity contribution in [2.75, 3.05) is 32.8 Å². The van der Waals surface area contributed by atoms with E-state index in [1.54, 1.807) is 0 Å². The molecule has 0 N–H and O–H groups in total. The van der Waals surface area contributed by atoms with E-state index in [1.165, 1.54) is 5.56 Å². The summed E-state index contributed by atoms with van der Waals surface area (Å²) in [6, 6.07) is 8.49. The highest BCUT2D eigenvalue weighted by molar-refractivity contribution is 5.80. The molecule has 2 rings (SSSR count). The van der Waals surface area contributed by atoms with E-state index in [0.717, 1.165) is 44.8 Å².